The highest BCUT2D eigenvalue weighted by atomic mass is 32.2. The lowest BCUT2D eigenvalue weighted by Crippen LogP contribution is -2.22. The van der Waals surface area contributed by atoms with Crippen molar-refractivity contribution in [2.45, 2.75) is 102 Å². The van der Waals surface area contributed by atoms with E-state index < -0.39 is 5.44 Å². The van der Waals surface area contributed by atoms with Crippen LogP contribution in [0, 0.1) is 5.92 Å². The fourth-order valence-corrected chi connectivity index (χ4v) is 4.56. The molecule has 0 aromatic rings. The molecule has 0 radical (unpaired) electrons. The van der Waals surface area contributed by atoms with Gasteiger partial charge in [0.15, 0.2) is 0 Å². The summed E-state index contributed by atoms with van der Waals surface area (Å²) in [6, 6.07) is 0. The van der Waals surface area contributed by atoms with Gasteiger partial charge in [-0.3, -0.25) is 0 Å². The molecule has 0 aromatic carbocycles. The van der Waals surface area contributed by atoms with Crippen LogP contribution in [0.25, 0.3) is 0 Å². The van der Waals surface area contributed by atoms with Crippen LogP contribution in [-0.4, -0.2) is 35.8 Å². The average molecular weight is 393 g/mol. The van der Waals surface area contributed by atoms with Crippen LogP contribution in [0.1, 0.15) is 96.8 Å². The Balaban J connectivity index is 3.16. The third-order valence-electron chi connectivity index (χ3n) is 4.78. The molecule has 0 aliphatic carbocycles. The lowest BCUT2D eigenvalue weighted by atomic mass is 10.0. The number of aliphatic hydroxyl groups is 1. The smallest absolute Gasteiger partial charge is 0.102 e. The summed E-state index contributed by atoms with van der Waals surface area (Å²) in [4.78, 5) is 0. The van der Waals surface area contributed by atoms with Crippen LogP contribution in [-0.2, 0) is 4.74 Å². The highest BCUT2D eigenvalue weighted by Gasteiger charge is 2.15. The molecule has 0 aliphatic heterocycles. The van der Waals surface area contributed by atoms with E-state index in [9.17, 15) is 5.11 Å². The first kappa shape index (κ1) is 25.6. The highest BCUT2D eigenvalue weighted by molar-refractivity contribution is 7.99. The maximum absolute atomic E-state index is 9.54. The Morgan fingerprint density at radius 3 is 1.64 bits per heavy atom. The summed E-state index contributed by atoms with van der Waals surface area (Å²) < 4.78 is 5.12. The molecule has 0 rings (SSSR count). The summed E-state index contributed by atoms with van der Waals surface area (Å²) in [6.45, 7) is 2.88. The molecule has 0 aromatic heterocycles. The molecule has 0 saturated heterocycles. The number of hydrogen-bond donors (Lipinski definition) is 2. The number of unbranched alkanes of at least 4 members (excludes halogenated alkanes) is 13. The molecular weight excluding hydrogens is 348 g/mol. The van der Waals surface area contributed by atoms with Crippen LogP contribution in [0.3, 0.4) is 0 Å². The van der Waals surface area contributed by atoms with Crippen LogP contribution in [0.2, 0.25) is 0 Å². The van der Waals surface area contributed by atoms with Crippen molar-refractivity contribution in [1.29, 1.82) is 0 Å². The van der Waals surface area contributed by atoms with Gasteiger partial charge in [0.05, 0.1) is 6.61 Å². The maximum atomic E-state index is 9.54. The Hall–Kier alpha value is 0.620. The Bertz CT molecular complexity index is 250. The number of thioether (sulfide) groups is 1. The molecule has 0 heterocycles. The molecule has 0 aliphatic rings. The van der Waals surface area contributed by atoms with Gasteiger partial charge >= 0.3 is 0 Å². The summed E-state index contributed by atoms with van der Waals surface area (Å²) in [7, 11) is 1.68. The van der Waals surface area contributed by atoms with Gasteiger partial charge in [0.1, 0.15) is 5.44 Å². The predicted octanol–water partition coefficient (Wildman–Crippen LogP) is 6.71. The number of ether oxygens (including phenoxy) is 1. The SMILES string of the molecule is CCCCCCCCCCCCCCCCSCC(COC)C(O)S. The van der Waals surface area contributed by atoms with Gasteiger partial charge < -0.3 is 9.84 Å². The van der Waals surface area contributed by atoms with Crippen molar-refractivity contribution in [3.63, 3.8) is 0 Å². The van der Waals surface area contributed by atoms with E-state index in [-0.39, 0.29) is 5.92 Å². The number of thiol groups is 1. The minimum absolute atomic E-state index is 0.143. The van der Waals surface area contributed by atoms with E-state index in [0.29, 0.717) is 6.61 Å². The van der Waals surface area contributed by atoms with E-state index in [4.69, 9.17) is 4.74 Å². The molecule has 2 unspecified atom stereocenters. The first-order valence-corrected chi connectivity index (χ1v) is 12.3. The standard InChI is InChI=1S/C21H44O2S2/c1-3-4-5-6-7-8-9-10-11-12-13-14-15-16-17-25-19-20(18-23-2)21(22)24/h20-22,24H,3-19H2,1-2H3. The summed E-state index contributed by atoms with van der Waals surface area (Å²) >= 11 is 6.05. The van der Waals surface area contributed by atoms with Gasteiger partial charge in [0.25, 0.3) is 0 Å². The molecule has 0 spiro atoms. The predicted molar refractivity (Wildman–Crippen MR) is 118 cm³/mol. The van der Waals surface area contributed by atoms with Gasteiger partial charge in [0, 0.05) is 18.8 Å². The molecule has 1 N–H and O–H groups in total. The van der Waals surface area contributed by atoms with Gasteiger partial charge in [-0.05, 0) is 12.2 Å². The van der Waals surface area contributed by atoms with E-state index in [1.165, 1.54) is 95.6 Å². The fourth-order valence-electron chi connectivity index (χ4n) is 3.07. The molecule has 0 saturated carbocycles. The second kappa shape index (κ2) is 20.9. The van der Waals surface area contributed by atoms with Crippen molar-refractivity contribution in [2.75, 3.05) is 25.2 Å². The zero-order valence-corrected chi connectivity index (χ0v) is 18.6. The van der Waals surface area contributed by atoms with Crippen molar-refractivity contribution in [2.24, 2.45) is 5.92 Å². The Morgan fingerprint density at radius 2 is 1.24 bits per heavy atom. The van der Waals surface area contributed by atoms with E-state index in [1.807, 2.05) is 11.8 Å². The van der Waals surface area contributed by atoms with Gasteiger partial charge in [-0.25, -0.2) is 0 Å². The van der Waals surface area contributed by atoms with E-state index in [1.54, 1.807) is 7.11 Å². The van der Waals surface area contributed by atoms with Crippen LogP contribution < -0.4 is 0 Å². The molecular formula is C21H44O2S2. The van der Waals surface area contributed by atoms with E-state index >= 15 is 0 Å². The van der Waals surface area contributed by atoms with Gasteiger partial charge in [-0.1, -0.05) is 90.4 Å². The number of rotatable bonds is 20. The fraction of sp³-hybridized carbons (Fsp3) is 1.00. The zero-order valence-electron chi connectivity index (χ0n) is 16.9. The highest BCUT2D eigenvalue weighted by Crippen LogP contribution is 2.18. The summed E-state index contributed by atoms with van der Waals surface area (Å²) in [5, 5.41) is 9.54. The summed E-state index contributed by atoms with van der Waals surface area (Å²) in [5.74, 6) is 2.28. The van der Waals surface area contributed by atoms with Crippen LogP contribution in [0.5, 0.6) is 0 Å². The van der Waals surface area contributed by atoms with Crippen LogP contribution in [0.15, 0.2) is 0 Å². The number of hydrogen-bond acceptors (Lipinski definition) is 4. The number of methoxy groups -OCH3 is 1. The third-order valence-corrected chi connectivity index (χ3v) is 6.44. The molecule has 2 nitrogen and oxygen atoms in total. The zero-order chi connectivity index (χ0) is 18.6. The minimum atomic E-state index is -0.566. The van der Waals surface area contributed by atoms with Gasteiger partial charge in [-0.2, -0.15) is 11.8 Å². The van der Waals surface area contributed by atoms with Crippen molar-refractivity contribution >= 4 is 24.4 Å². The normalized spacial score (nSPS) is 13.9. The topological polar surface area (TPSA) is 29.5 Å². The average Bonchev–Trinajstić information content (AvgIpc) is 2.60. The van der Waals surface area contributed by atoms with Crippen LogP contribution >= 0.6 is 24.4 Å². The maximum Gasteiger partial charge on any atom is 0.102 e. The lowest BCUT2D eigenvalue weighted by molar-refractivity contribution is 0.107. The summed E-state index contributed by atoms with van der Waals surface area (Å²) in [5.41, 5.74) is -0.566. The first-order valence-electron chi connectivity index (χ1n) is 10.6. The van der Waals surface area contributed by atoms with Gasteiger partial charge in [-0.15, -0.1) is 12.6 Å². The molecule has 2 atom stereocenters. The van der Waals surface area contributed by atoms with Crippen molar-refractivity contribution < 1.29 is 9.84 Å². The Morgan fingerprint density at radius 1 is 0.800 bits per heavy atom. The van der Waals surface area contributed by atoms with Gasteiger partial charge in [0.2, 0.25) is 0 Å². The van der Waals surface area contributed by atoms with Crippen molar-refractivity contribution in [1.82, 2.24) is 0 Å². The van der Waals surface area contributed by atoms with E-state index in [0.717, 1.165) is 5.75 Å². The Kier molecular flexibility index (Phi) is 21.4. The van der Waals surface area contributed by atoms with Crippen molar-refractivity contribution in [3.8, 4) is 0 Å². The molecule has 4 heteroatoms. The third kappa shape index (κ3) is 19.2. The van der Waals surface area contributed by atoms with E-state index in [2.05, 4.69) is 19.6 Å². The Labute approximate surface area is 167 Å². The summed E-state index contributed by atoms with van der Waals surface area (Å²) in [6.07, 6.45) is 19.7. The molecule has 0 fully saturated rings. The molecule has 0 bridgehead atoms. The second-order valence-corrected chi connectivity index (χ2v) is 8.98. The first-order chi connectivity index (χ1) is 12.2. The second-order valence-electron chi connectivity index (χ2n) is 7.30. The lowest BCUT2D eigenvalue weighted by Gasteiger charge is -2.17. The van der Waals surface area contributed by atoms with Crippen LogP contribution in [0.4, 0.5) is 0 Å². The largest absolute Gasteiger partial charge is 0.384 e. The van der Waals surface area contributed by atoms with Crippen molar-refractivity contribution in [3.05, 3.63) is 0 Å². The quantitative estimate of drug-likeness (QED) is 0.137. The monoisotopic (exact) mass is 392 g/mol. The molecule has 25 heavy (non-hydrogen) atoms. The minimum Gasteiger partial charge on any atom is -0.384 e. The molecule has 152 valence electrons. The molecule has 0 amide bonds. The number of aliphatic hydroxyl groups excluding tert-OH is 1.